The van der Waals surface area contributed by atoms with Crippen LogP contribution in [0.25, 0.3) is 0 Å². The summed E-state index contributed by atoms with van der Waals surface area (Å²) in [4.78, 5) is 6.01. The van der Waals surface area contributed by atoms with Gasteiger partial charge in [0.1, 0.15) is 12.9 Å². The van der Waals surface area contributed by atoms with Crippen LogP contribution in [0.4, 0.5) is 0 Å². The fourth-order valence-electron chi connectivity index (χ4n) is 2.95. The molecule has 0 spiro atoms. The van der Waals surface area contributed by atoms with E-state index in [2.05, 4.69) is 74.5 Å². The molecule has 0 atom stereocenters. The van der Waals surface area contributed by atoms with Gasteiger partial charge in [-0.3, -0.25) is 0 Å². The van der Waals surface area contributed by atoms with Gasteiger partial charge in [0.25, 0.3) is 0 Å². The highest BCUT2D eigenvalue weighted by atomic mass is 32.2. The molecule has 3 nitrogen and oxygen atoms in total. The summed E-state index contributed by atoms with van der Waals surface area (Å²) in [5.41, 5.74) is 4.82. The van der Waals surface area contributed by atoms with E-state index >= 15 is 0 Å². The number of nitrogens with zero attached hydrogens (tertiary/aromatic N) is 1. The standard InChI is InChI=1S/C24H31NO2S/c1-5-6-15-28-23-16-19(2)24(20(3)17-23)27-14-8-7-9-21-10-12-22(13-11-21)18-25-26-4/h5-6,10-13,16-18H,7-9,14-15H2,1-4H3/b6-5+,25-18?. The molecule has 0 saturated heterocycles. The first-order chi connectivity index (χ1) is 13.6. The van der Waals surface area contributed by atoms with E-state index in [1.54, 1.807) is 13.3 Å². The van der Waals surface area contributed by atoms with Gasteiger partial charge in [-0.1, -0.05) is 41.6 Å². The molecule has 0 aliphatic carbocycles. The Balaban J connectivity index is 1.76. The first-order valence-corrected chi connectivity index (χ1v) is 10.8. The molecule has 0 unspecified atom stereocenters. The van der Waals surface area contributed by atoms with Crippen molar-refractivity contribution in [3.63, 3.8) is 0 Å². The molecular formula is C24H31NO2S. The normalized spacial score (nSPS) is 11.4. The van der Waals surface area contributed by atoms with Gasteiger partial charge < -0.3 is 9.57 Å². The zero-order valence-electron chi connectivity index (χ0n) is 17.4. The summed E-state index contributed by atoms with van der Waals surface area (Å²) in [5.74, 6) is 2.05. The van der Waals surface area contributed by atoms with E-state index in [1.807, 2.05) is 11.8 Å². The highest BCUT2D eigenvalue weighted by Crippen LogP contribution is 2.30. The zero-order valence-corrected chi connectivity index (χ0v) is 18.2. The smallest absolute Gasteiger partial charge is 0.125 e. The lowest BCUT2D eigenvalue weighted by molar-refractivity contribution is 0.215. The fourth-order valence-corrected chi connectivity index (χ4v) is 3.95. The molecular weight excluding hydrogens is 366 g/mol. The third-order valence-electron chi connectivity index (χ3n) is 4.41. The average molecular weight is 398 g/mol. The van der Waals surface area contributed by atoms with Crippen LogP contribution in [-0.4, -0.2) is 25.7 Å². The Morgan fingerprint density at radius 2 is 1.75 bits per heavy atom. The molecule has 0 aliphatic heterocycles. The van der Waals surface area contributed by atoms with Crippen molar-refractivity contribution in [3.8, 4) is 5.75 Å². The fraction of sp³-hybridized carbons (Fsp3) is 0.375. The summed E-state index contributed by atoms with van der Waals surface area (Å²) in [6.45, 7) is 7.08. The molecule has 4 heteroatoms. The second-order valence-electron chi connectivity index (χ2n) is 6.73. The molecule has 0 N–H and O–H groups in total. The number of unbranched alkanes of at least 4 members (excludes halogenated alkanes) is 1. The second kappa shape index (κ2) is 12.3. The Kier molecular flexibility index (Phi) is 9.70. The summed E-state index contributed by atoms with van der Waals surface area (Å²) in [6, 6.07) is 12.9. The van der Waals surface area contributed by atoms with Crippen molar-refractivity contribution in [2.45, 2.75) is 44.9 Å². The first-order valence-electron chi connectivity index (χ1n) is 9.77. The number of benzene rings is 2. The Morgan fingerprint density at radius 3 is 2.39 bits per heavy atom. The van der Waals surface area contributed by atoms with E-state index in [4.69, 9.17) is 9.57 Å². The van der Waals surface area contributed by atoms with Crippen molar-refractivity contribution in [1.29, 1.82) is 0 Å². The van der Waals surface area contributed by atoms with Crippen LogP contribution >= 0.6 is 11.8 Å². The Hall–Kier alpha value is -2.20. The topological polar surface area (TPSA) is 30.8 Å². The maximum Gasteiger partial charge on any atom is 0.125 e. The van der Waals surface area contributed by atoms with E-state index in [9.17, 15) is 0 Å². The van der Waals surface area contributed by atoms with Crippen molar-refractivity contribution in [3.05, 3.63) is 70.8 Å². The van der Waals surface area contributed by atoms with Crippen LogP contribution in [0, 0.1) is 13.8 Å². The quantitative estimate of drug-likeness (QED) is 0.145. The molecule has 0 bridgehead atoms. The molecule has 0 aromatic heterocycles. The van der Waals surface area contributed by atoms with Crippen LogP contribution in [0.3, 0.4) is 0 Å². The third kappa shape index (κ3) is 7.43. The van der Waals surface area contributed by atoms with Crippen LogP contribution in [0.1, 0.15) is 42.0 Å². The molecule has 2 aromatic rings. The number of hydrogen-bond donors (Lipinski definition) is 0. The van der Waals surface area contributed by atoms with Gasteiger partial charge in [0.2, 0.25) is 0 Å². The van der Waals surface area contributed by atoms with Crippen molar-refractivity contribution < 1.29 is 9.57 Å². The number of aryl methyl sites for hydroxylation is 3. The number of thioether (sulfide) groups is 1. The molecule has 2 rings (SSSR count). The lowest BCUT2D eigenvalue weighted by atomic mass is 10.1. The van der Waals surface area contributed by atoms with Crippen LogP contribution in [0.15, 0.2) is 58.6 Å². The molecule has 0 amide bonds. The number of allylic oxidation sites excluding steroid dienone is 1. The number of ether oxygens (including phenoxy) is 1. The van der Waals surface area contributed by atoms with E-state index < -0.39 is 0 Å². The van der Waals surface area contributed by atoms with Gasteiger partial charge in [0.15, 0.2) is 0 Å². The minimum Gasteiger partial charge on any atom is -0.493 e. The van der Waals surface area contributed by atoms with Crippen molar-refractivity contribution >= 4 is 18.0 Å². The minimum absolute atomic E-state index is 0.755. The lowest BCUT2D eigenvalue weighted by Crippen LogP contribution is -2.02. The largest absolute Gasteiger partial charge is 0.493 e. The SMILES string of the molecule is C/C=C/CSc1cc(C)c(OCCCCc2ccc(C=NOC)cc2)c(C)c1. The maximum atomic E-state index is 6.10. The molecule has 0 heterocycles. The van der Waals surface area contributed by atoms with E-state index in [0.717, 1.165) is 42.9 Å². The van der Waals surface area contributed by atoms with E-state index in [1.165, 1.54) is 21.6 Å². The van der Waals surface area contributed by atoms with E-state index in [0.29, 0.717) is 0 Å². The molecule has 0 fully saturated rings. The Labute approximate surface area is 173 Å². The van der Waals surface area contributed by atoms with Gasteiger partial charge in [0, 0.05) is 10.6 Å². The van der Waals surface area contributed by atoms with Gasteiger partial charge in [-0.15, -0.1) is 11.8 Å². The predicted molar refractivity (Wildman–Crippen MR) is 121 cm³/mol. The van der Waals surface area contributed by atoms with Gasteiger partial charge in [-0.25, -0.2) is 0 Å². The van der Waals surface area contributed by atoms with Gasteiger partial charge in [0.05, 0.1) is 12.8 Å². The Bertz CT molecular complexity index is 759. The summed E-state index contributed by atoms with van der Waals surface area (Å²) < 4.78 is 6.10. The van der Waals surface area contributed by atoms with Crippen LogP contribution in [0.5, 0.6) is 5.75 Å². The van der Waals surface area contributed by atoms with Gasteiger partial charge >= 0.3 is 0 Å². The second-order valence-corrected chi connectivity index (χ2v) is 7.82. The summed E-state index contributed by atoms with van der Waals surface area (Å²) >= 11 is 1.86. The molecule has 2 aromatic carbocycles. The highest BCUT2D eigenvalue weighted by Gasteiger charge is 2.07. The van der Waals surface area contributed by atoms with Crippen LogP contribution in [-0.2, 0) is 11.3 Å². The number of rotatable bonds is 11. The van der Waals surface area contributed by atoms with Gasteiger partial charge in [-0.2, -0.15) is 0 Å². The van der Waals surface area contributed by atoms with Crippen molar-refractivity contribution in [2.24, 2.45) is 5.16 Å². The van der Waals surface area contributed by atoms with Crippen molar-refractivity contribution in [1.82, 2.24) is 0 Å². The third-order valence-corrected chi connectivity index (χ3v) is 5.34. The van der Waals surface area contributed by atoms with Crippen LogP contribution in [0.2, 0.25) is 0 Å². The lowest BCUT2D eigenvalue weighted by Gasteiger charge is -2.14. The summed E-state index contributed by atoms with van der Waals surface area (Å²) in [5, 5.41) is 3.78. The minimum atomic E-state index is 0.755. The maximum absolute atomic E-state index is 6.10. The number of oxime groups is 1. The molecule has 0 aliphatic rings. The summed E-state index contributed by atoms with van der Waals surface area (Å²) in [6.07, 6.45) is 9.20. The predicted octanol–water partition coefficient (Wildman–Crippen LogP) is 6.35. The molecule has 150 valence electrons. The molecule has 28 heavy (non-hydrogen) atoms. The monoisotopic (exact) mass is 397 g/mol. The zero-order chi connectivity index (χ0) is 20.2. The van der Waals surface area contributed by atoms with Crippen LogP contribution < -0.4 is 4.74 Å². The molecule has 0 saturated carbocycles. The average Bonchev–Trinajstić information content (AvgIpc) is 2.69. The highest BCUT2D eigenvalue weighted by molar-refractivity contribution is 7.99. The first kappa shape index (κ1) is 22.1. The summed E-state index contributed by atoms with van der Waals surface area (Å²) in [7, 11) is 1.55. The van der Waals surface area contributed by atoms with Gasteiger partial charge in [-0.05, 0) is 74.4 Å². The number of hydrogen-bond acceptors (Lipinski definition) is 4. The van der Waals surface area contributed by atoms with E-state index in [-0.39, 0.29) is 0 Å². The molecule has 0 radical (unpaired) electrons. The Morgan fingerprint density at radius 1 is 1.04 bits per heavy atom. The van der Waals surface area contributed by atoms with Crippen molar-refractivity contribution in [2.75, 3.05) is 19.5 Å².